The first-order valence-electron chi connectivity index (χ1n) is 12.5. The fourth-order valence-corrected chi connectivity index (χ4v) is 6.11. The molecule has 0 aromatic heterocycles. The Bertz CT molecular complexity index is 1170. The van der Waals surface area contributed by atoms with Gasteiger partial charge in [0.1, 0.15) is 5.75 Å². The Morgan fingerprint density at radius 1 is 1.08 bits per heavy atom. The second-order valence-electron chi connectivity index (χ2n) is 9.80. The number of hydrogen-bond donors (Lipinski definition) is 2. The second-order valence-corrected chi connectivity index (χ2v) is 12.0. The van der Waals surface area contributed by atoms with Crippen LogP contribution < -0.4 is 15.2 Å². The number of amides is 1. The fraction of sp³-hybridized carbons (Fsp3) is 0.500. The van der Waals surface area contributed by atoms with E-state index in [1.165, 1.54) is 60.6 Å². The van der Waals surface area contributed by atoms with Gasteiger partial charge >= 0.3 is 0 Å². The van der Waals surface area contributed by atoms with Gasteiger partial charge in [0.05, 0.1) is 11.5 Å². The van der Waals surface area contributed by atoms with Crippen molar-refractivity contribution in [2.45, 2.75) is 61.4 Å². The quantitative estimate of drug-likeness (QED) is 0.480. The average molecular weight is 556 g/mol. The van der Waals surface area contributed by atoms with Crippen LogP contribution in [0.4, 0.5) is 8.78 Å². The van der Waals surface area contributed by atoms with Crippen molar-refractivity contribution >= 4 is 27.5 Å². The van der Waals surface area contributed by atoms with Gasteiger partial charge in [0, 0.05) is 29.7 Å². The van der Waals surface area contributed by atoms with Crippen LogP contribution in [0.5, 0.6) is 5.75 Å². The number of nitrogens with zero attached hydrogens (tertiary/aromatic N) is 1. The Morgan fingerprint density at radius 3 is 2.32 bits per heavy atom. The number of nitrogens with two attached hydrogens (primary N) is 1. The van der Waals surface area contributed by atoms with E-state index in [2.05, 4.69) is 0 Å². The molecular weight excluding hydrogens is 524 g/mol. The minimum atomic E-state index is -4.49. The van der Waals surface area contributed by atoms with Crippen molar-refractivity contribution in [2.24, 2.45) is 11.7 Å². The van der Waals surface area contributed by atoms with Gasteiger partial charge < -0.3 is 15.4 Å². The first-order valence-corrected chi connectivity index (χ1v) is 14.4. The minimum absolute atomic E-state index is 0.0702. The zero-order chi connectivity index (χ0) is 26.6. The number of alkyl halides is 2. The predicted molar refractivity (Wildman–Crippen MR) is 137 cm³/mol. The molecule has 0 bridgehead atoms. The van der Waals surface area contributed by atoms with Crippen LogP contribution in [0.2, 0.25) is 5.02 Å². The fourth-order valence-electron chi connectivity index (χ4n) is 4.79. The molecule has 1 aliphatic heterocycles. The number of sulfonamides is 1. The summed E-state index contributed by atoms with van der Waals surface area (Å²) < 4.78 is 65.5. The lowest BCUT2D eigenvalue weighted by Crippen LogP contribution is -2.56. The van der Waals surface area contributed by atoms with Crippen molar-refractivity contribution in [3.8, 4) is 5.75 Å². The maximum atomic E-state index is 15.7. The third kappa shape index (κ3) is 6.79. The van der Waals surface area contributed by atoms with Gasteiger partial charge in [0.25, 0.3) is 5.92 Å². The zero-order valence-corrected chi connectivity index (χ0v) is 22.0. The van der Waals surface area contributed by atoms with Crippen molar-refractivity contribution in [3.63, 3.8) is 0 Å². The molecule has 1 saturated carbocycles. The number of benzene rings is 2. The first-order chi connectivity index (χ1) is 17.6. The van der Waals surface area contributed by atoms with Gasteiger partial charge in [-0.3, -0.25) is 4.79 Å². The molecule has 0 unspecified atom stereocenters. The molecule has 2 aromatic carbocycles. The summed E-state index contributed by atoms with van der Waals surface area (Å²) in [4.78, 5) is 14.1. The summed E-state index contributed by atoms with van der Waals surface area (Å²) in [5.74, 6) is -3.93. The Balaban J connectivity index is 1.54. The van der Waals surface area contributed by atoms with Gasteiger partial charge in [0.15, 0.2) is 6.04 Å². The summed E-state index contributed by atoms with van der Waals surface area (Å²) in [6.07, 6.45) is 6.26. The number of likely N-dealkylation sites (tertiary alicyclic amines) is 1. The van der Waals surface area contributed by atoms with Gasteiger partial charge in [-0.2, -0.15) is 13.5 Å². The van der Waals surface area contributed by atoms with Crippen LogP contribution in [0.3, 0.4) is 0 Å². The number of carbonyl (C=O) groups excluding carboxylic acids is 1. The topological polar surface area (TPSA) is 102 Å². The molecule has 37 heavy (non-hydrogen) atoms. The van der Waals surface area contributed by atoms with Crippen molar-refractivity contribution in [3.05, 3.63) is 59.1 Å². The summed E-state index contributed by atoms with van der Waals surface area (Å²) in [5, 5.41) is 0.235. The molecule has 11 heteroatoms. The van der Waals surface area contributed by atoms with Crippen molar-refractivity contribution < 1.29 is 26.7 Å². The highest BCUT2D eigenvalue weighted by atomic mass is 35.5. The van der Waals surface area contributed by atoms with Crippen LogP contribution in [-0.2, 0) is 20.7 Å². The largest absolute Gasteiger partial charge is 0.493 e. The molecule has 2 aromatic rings. The van der Waals surface area contributed by atoms with E-state index in [1.807, 2.05) is 4.72 Å². The van der Waals surface area contributed by atoms with Gasteiger partial charge in [-0.25, -0.2) is 8.42 Å². The molecule has 7 nitrogen and oxygen atoms in total. The maximum Gasteiger partial charge on any atom is 0.298 e. The third-order valence-electron chi connectivity index (χ3n) is 6.99. The Morgan fingerprint density at radius 2 is 1.73 bits per heavy atom. The SMILES string of the molecule is N[C@@H]1CCN(C(=O)[C@@H](NS(=O)(=O)c2ccc(OCC3CCCCC3)cc2)C(F)(F)c2ccc(Cl)cc2)C1. The number of rotatable bonds is 9. The molecule has 0 radical (unpaired) electrons. The Labute approximate surface area is 221 Å². The van der Waals surface area contributed by atoms with E-state index in [9.17, 15) is 13.2 Å². The van der Waals surface area contributed by atoms with E-state index in [0.717, 1.165) is 25.0 Å². The Hall–Kier alpha value is -2.27. The molecule has 1 heterocycles. The molecule has 202 valence electrons. The van der Waals surface area contributed by atoms with Crippen LogP contribution in [0.15, 0.2) is 53.4 Å². The number of carbonyl (C=O) groups is 1. The monoisotopic (exact) mass is 555 g/mol. The molecule has 1 saturated heterocycles. The zero-order valence-electron chi connectivity index (χ0n) is 20.4. The highest BCUT2D eigenvalue weighted by Crippen LogP contribution is 2.35. The van der Waals surface area contributed by atoms with Crippen molar-refractivity contribution in [1.29, 1.82) is 0 Å². The molecule has 2 atom stereocenters. The number of halogens is 3. The van der Waals surface area contributed by atoms with Crippen LogP contribution in [0, 0.1) is 5.92 Å². The average Bonchev–Trinajstić information content (AvgIpc) is 3.33. The van der Waals surface area contributed by atoms with Gasteiger partial charge in [-0.15, -0.1) is 0 Å². The van der Waals surface area contributed by atoms with E-state index >= 15 is 8.78 Å². The minimum Gasteiger partial charge on any atom is -0.493 e. The van der Waals surface area contributed by atoms with E-state index < -0.39 is 33.5 Å². The Kier molecular flexibility index (Phi) is 8.73. The smallest absolute Gasteiger partial charge is 0.298 e. The number of nitrogens with one attached hydrogen (secondary N) is 1. The molecule has 0 spiro atoms. The lowest BCUT2D eigenvalue weighted by Gasteiger charge is -2.30. The lowest BCUT2D eigenvalue weighted by molar-refractivity contribution is -0.143. The maximum absolute atomic E-state index is 15.7. The summed E-state index contributed by atoms with van der Waals surface area (Å²) in [6, 6.07) is 7.50. The van der Waals surface area contributed by atoms with E-state index in [1.54, 1.807) is 0 Å². The van der Waals surface area contributed by atoms with E-state index in [4.69, 9.17) is 22.1 Å². The van der Waals surface area contributed by atoms with Crippen LogP contribution in [-0.4, -0.2) is 51.0 Å². The summed E-state index contributed by atoms with van der Waals surface area (Å²) in [6.45, 7) is 0.787. The molecule has 1 amide bonds. The molecule has 4 rings (SSSR count). The van der Waals surface area contributed by atoms with Crippen molar-refractivity contribution in [1.82, 2.24) is 9.62 Å². The lowest BCUT2D eigenvalue weighted by atomic mass is 9.90. The van der Waals surface area contributed by atoms with Crippen LogP contribution >= 0.6 is 11.6 Å². The summed E-state index contributed by atoms with van der Waals surface area (Å²) >= 11 is 5.83. The van der Waals surface area contributed by atoms with E-state index in [0.29, 0.717) is 24.7 Å². The molecular formula is C26H32ClF2N3O4S. The normalized spacial score (nSPS) is 20.1. The highest BCUT2D eigenvalue weighted by molar-refractivity contribution is 7.89. The summed E-state index contributed by atoms with van der Waals surface area (Å²) in [7, 11) is -4.49. The summed E-state index contributed by atoms with van der Waals surface area (Å²) in [5.41, 5.74) is 5.32. The van der Waals surface area contributed by atoms with Crippen LogP contribution in [0.1, 0.15) is 44.1 Å². The number of ether oxygens (including phenoxy) is 1. The molecule has 2 aliphatic rings. The first kappa shape index (κ1) is 27.8. The van der Waals surface area contributed by atoms with E-state index in [-0.39, 0.29) is 29.0 Å². The number of hydrogen-bond acceptors (Lipinski definition) is 5. The van der Waals surface area contributed by atoms with Gasteiger partial charge in [-0.05, 0) is 61.6 Å². The van der Waals surface area contributed by atoms with Crippen molar-refractivity contribution in [2.75, 3.05) is 19.7 Å². The highest BCUT2D eigenvalue weighted by Gasteiger charge is 2.50. The molecule has 3 N–H and O–H groups in total. The predicted octanol–water partition coefficient (Wildman–Crippen LogP) is 4.30. The molecule has 2 fully saturated rings. The molecule has 1 aliphatic carbocycles. The van der Waals surface area contributed by atoms with Gasteiger partial charge in [0.2, 0.25) is 15.9 Å². The van der Waals surface area contributed by atoms with Gasteiger partial charge in [-0.1, -0.05) is 43.0 Å². The third-order valence-corrected chi connectivity index (χ3v) is 8.68. The second kappa shape index (κ2) is 11.6. The standard InChI is InChI=1S/C26H32ClF2N3O4S/c27-20-8-6-19(7-9-20)26(28,29)24(25(33)32-15-14-21(30)16-32)31-37(34,35)23-12-10-22(11-13-23)36-17-18-4-2-1-3-5-18/h6-13,18,21,24,31H,1-5,14-17,30H2/t21-,24-/m1/s1. The van der Waals surface area contributed by atoms with Crippen LogP contribution in [0.25, 0.3) is 0 Å².